The summed E-state index contributed by atoms with van der Waals surface area (Å²) < 4.78 is 39.7. The second-order valence-electron chi connectivity index (χ2n) is 9.75. The van der Waals surface area contributed by atoms with Crippen molar-refractivity contribution < 1.29 is 27.5 Å². The second-order valence-corrected chi connectivity index (χ2v) is 12.1. The molecule has 0 saturated carbocycles. The first-order valence-electron chi connectivity index (χ1n) is 13.7. The molecule has 0 aliphatic heterocycles. The minimum atomic E-state index is -4.26. The topological polar surface area (TPSA) is 105 Å². The van der Waals surface area contributed by atoms with E-state index in [0.717, 1.165) is 9.87 Å². The van der Waals surface area contributed by atoms with Gasteiger partial charge in [0.05, 0.1) is 24.8 Å². The number of nitrogens with zero attached hydrogens (tertiary/aromatic N) is 2. The lowest BCUT2D eigenvalue weighted by atomic mass is 10.1. The van der Waals surface area contributed by atoms with Gasteiger partial charge in [0.2, 0.25) is 11.8 Å². The summed E-state index contributed by atoms with van der Waals surface area (Å²) >= 11 is 6.29. The summed E-state index contributed by atoms with van der Waals surface area (Å²) in [4.78, 5) is 29.0. The maximum atomic E-state index is 14.2. The fourth-order valence-electron chi connectivity index (χ4n) is 4.38. The largest absolute Gasteiger partial charge is 0.497 e. The highest BCUT2D eigenvalue weighted by Crippen LogP contribution is 2.35. The number of halogens is 1. The highest BCUT2D eigenvalue weighted by molar-refractivity contribution is 7.92. The standard InChI is InChI=1S/C31H38ClN3O6S/c1-6-22(3)33-31(37)27(7-2)34(20-23-13-16-25(40-4)17-14-23)30(36)21-35(28-19-24(32)15-18-29(28)41-5)42(38,39)26-11-9-8-10-12-26/h8-19,22,27H,6-7,20-21H2,1-5H3,(H,33,37). The molecule has 0 heterocycles. The van der Waals surface area contributed by atoms with Crippen molar-refractivity contribution in [2.24, 2.45) is 0 Å². The van der Waals surface area contributed by atoms with Gasteiger partial charge in [-0.3, -0.25) is 13.9 Å². The van der Waals surface area contributed by atoms with E-state index < -0.39 is 28.5 Å². The molecule has 226 valence electrons. The lowest BCUT2D eigenvalue weighted by Gasteiger charge is -2.34. The summed E-state index contributed by atoms with van der Waals surface area (Å²) in [6, 6.07) is 18.5. The van der Waals surface area contributed by atoms with Crippen molar-refractivity contribution in [1.29, 1.82) is 0 Å². The number of carbonyl (C=O) groups is 2. The molecule has 0 saturated heterocycles. The zero-order valence-electron chi connectivity index (χ0n) is 24.5. The number of hydrogen-bond acceptors (Lipinski definition) is 6. The van der Waals surface area contributed by atoms with Gasteiger partial charge < -0.3 is 19.7 Å². The van der Waals surface area contributed by atoms with E-state index in [2.05, 4.69) is 5.32 Å². The summed E-state index contributed by atoms with van der Waals surface area (Å²) in [5, 5.41) is 3.23. The summed E-state index contributed by atoms with van der Waals surface area (Å²) in [5.74, 6) is -0.0219. The molecule has 3 aromatic rings. The Morgan fingerprint density at radius 3 is 2.17 bits per heavy atom. The van der Waals surface area contributed by atoms with Crippen LogP contribution < -0.4 is 19.1 Å². The molecule has 1 N–H and O–H groups in total. The molecule has 0 bridgehead atoms. The Hall–Kier alpha value is -3.76. The number of nitrogens with one attached hydrogen (secondary N) is 1. The van der Waals surface area contributed by atoms with Crippen LogP contribution in [0.4, 0.5) is 5.69 Å². The van der Waals surface area contributed by atoms with E-state index in [1.165, 1.54) is 30.2 Å². The van der Waals surface area contributed by atoms with Gasteiger partial charge in [0.1, 0.15) is 24.1 Å². The number of hydrogen-bond donors (Lipinski definition) is 1. The lowest BCUT2D eigenvalue weighted by Crippen LogP contribution is -2.53. The van der Waals surface area contributed by atoms with E-state index in [1.807, 2.05) is 20.8 Å². The maximum Gasteiger partial charge on any atom is 0.264 e. The molecular formula is C31H38ClN3O6S. The van der Waals surface area contributed by atoms with Crippen molar-refractivity contribution in [3.05, 3.63) is 83.4 Å². The van der Waals surface area contributed by atoms with Crippen LogP contribution in [0.15, 0.2) is 77.7 Å². The van der Waals surface area contributed by atoms with Crippen LogP contribution in [0.2, 0.25) is 5.02 Å². The minimum Gasteiger partial charge on any atom is -0.497 e. The number of carbonyl (C=O) groups excluding carboxylic acids is 2. The Morgan fingerprint density at radius 2 is 1.60 bits per heavy atom. The number of benzene rings is 3. The van der Waals surface area contributed by atoms with Crippen molar-refractivity contribution in [2.45, 2.75) is 57.1 Å². The summed E-state index contributed by atoms with van der Waals surface area (Å²) in [6.07, 6.45) is 1.03. The molecule has 2 atom stereocenters. The third kappa shape index (κ3) is 7.95. The van der Waals surface area contributed by atoms with Crippen LogP contribution in [-0.2, 0) is 26.2 Å². The number of methoxy groups -OCH3 is 2. The van der Waals surface area contributed by atoms with Gasteiger partial charge >= 0.3 is 0 Å². The van der Waals surface area contributed by atoms with Crippen LogP contribution in [0.25, 0.3) is 0 Å². The average Bonchev–Trinajstić information content (AvgIpc) is 3.00. The van der Waals surface area contributed by atoms with Crippen molar-refractivity contribution in [2.75, 3.05) is 25.1 Å². The molecule has 9 nitrogen and oxygen atoms in total. The minimum absolute atomic E-state index is 0.0110. The molecule has 2 amide bonds. The third-order valence-electron chi connectivity index (χ3n) is 6.92. The van der Waals surface area contributed by atoms with Gasteiger partial charge in [-0.15, -0.1) is 0 Å². The SMILES string of the molecule is CCC(C)NC(=O)C(CC)N(Cc1ccc(OC)cc1)C(=O)CN(c1cc(Cl)ccc1OC)S(=O)(=O)c1ccccc1. The quantitative estimate of drug-likeness (QED) is 0.265. The van der Waals surface area contributed by atoms with Crippen molar-refractivity contribution >= 4 is 39.1 Å². The maximum absolute atomic E-state index is 14.2. The van der Waals surface area contributed by atoms with Crippen LogP contribution in [0.5, 0.6) is 11.5 Å². The Bertz CT molecular complexity index is 1450. The summed E-state index contributed by atoms with van der Waals surface area (Å²) in [6.45, 7) is 5.13. The third-order valence-corrected chi connectivity index (χ3v) is 8.93. The lowest BCUT2D eigenvalue weighted by molar-refractivity contribution is -0.140. The normalized spacial score (nSPS) is 12.6. The van der Waals surface area contributed by atoms with Crippen LogP contribution in [0, 0.1) is 0 Å². The molecule has 0 radical (unpaired) electrons. The van der Waals surface area contributed by atoms with E-state index in [1.54, 1.807) is 61.7 Å². The highest BCUT2D eigenvalue weighted by Gasteiger charge is 2.35. The fourth-order valence-corrected chi connectivity index (χ4v) is 5.98. The van der Waals surface area contributed by atoms with Crippen LogP contribution in [-0.4, -0.2) is 58.0 Å². The molecular weight excluding hydrogens is 578 g/mol. The van der Waals surface area contributed by atoms with Gasteiger partial charge in [-0.05, 0) is 67.8 Å². The molecule has 0 fully saturated rings. The predicted molar refractivity (Wildman–Crippen MR) is 164 cm³/mol. The van der Waals surface area contributed by atoms with Crippen molar-refractivity contribution in [1.82, 2.24) is 10.2 Å². The first-order chi connectivity index (χ1) is 20.0. The van der Waals surface area contributed by atoms with Crippen LogP contribution in [0.1, 0.15) is 39.2 Å². The molecule has 11 heteroatoms. The van der Waals surface area contributed by atoms with Gasteiger partial charge in [-0.25, -0.2) is 8.42 Å². The Balaban J connectivity index is 2.11. The Kier molecular flexibility index (Phi) is 11.6. The van der Waals surface area contributed by atoms with E-state index in [4.69, 9.17) is 21.1 Å². The van der Waals surface area contributed by atoms with Crippen LogP contribution in [0.3, 0.4) is 0 Å². The number of rotatable bonds is 14. The summed E-state index contributed by atoms with van der Waals surface area (Å²) in [5.41, 5.74) is 0.848. The fraction of sp³-hybridized carbons (Fsp3) is 0.355. The smallest absolute Gasteiger partial charge is 0.264 e. The summed E-state index contributed by atoms with van der Waals surface area (Å²) in [7, 11) is -1.29. The van der Waals surface area contributed by atoms with E-state index >= 15 is 0 Å². The molecule has 3 aromatic carbocycles. The molecule has 0 aromatic heterocycles. The zero-order valence-corrected chi connectivity index (χ0v) is 26.1. The highest BCUT2D eigenvalue weighted by atomic mass is 35.5. The molecule has 0 spiro atoms. The molecule has 3 rings (SSSR count). The zero-order chi connectivity index (χ0) is 30.9. The molecule has 0 aliphatic carbocycles. The number of amides is 2. The number of sulfonamides is 1. The Morgan fingerprint density at radius 1 is 0.929 bits per heavy atom. The van der Waals surface area contributed by atoms with E-state index in [-0.39, 0.29) is 39.8 Å². The number of anilines is 1. The molecule has 2 unspecified atom stereocenters. The first kappa shape index (κ1) is 32.8. The number of ether oxygens (including phenoxy) is 2. The monoisotopic (exact) mass is 615 g/mol. The molecule has 42 heavy (non-hydrogen) atoms. The second kappa shape index (κ2) is 14.9. The Labute approximate surface area is 253 Å². The van der Waals surface area contributed by atoms with Gasteiger partial charge in [-0.1, -0.05) is 55.8 Å². The van der Waals surface area contributed by atoms with Gasteiger partial charge in [0.15, 0.2) is 0 Å². The van der Waals surface area contributed by atoms with E-state index in [0.29, 0.717) is 18.6 Å². The van der Waals surface area contributed by atoms with E-state index in [9.17, 15) is 18.0 Å². The van der Waals surface area contributed by atoms with Crippen LogP contribution >= 0.6 is 11.6 Å². The average molecular weight is 616 g/mol. The first-order valence-corrected chi connectivity index (χ1v) is 15.5. The van der Waals surface area contributed by atoms with Crippen molar-refractivity contribution in [3.8, 4) is 11.5 Å². The van der Waals surface area contributed by atoms with Gasteiger partial charge in [0.25, 0.3) is 10.0 Å². The molecule has 0 aliphatic rings. The van der Waals surface area contributed by atoms with Gasteiger partial charge in [0, 0.05) is 17.6 Å². The predicted octanol–water partition coefficient (Wildman–Crippen LogP) is 5.27. The van der Waals surface area contributed by atoms with Gasteiger partial charge in [-0.2, -0.15) is 0 Å². The van der Waals surface area contributed by atoms with Crippen molar-refractivity contribution in [3.63, 3.8) is 0 Å².